The molecule has 0 aliphatic heterocycles. The van der Waals surface area contributed by atoms with Crippen molar-refractivity contribution in [1.82, 2.24) is 0 Å². The van der Waals surface area contributed by atoms with Crippen LogP contribution >= 0.6 is 0 Å². The van der Waals surface area contributed by atoms with E-state index in [1.165, 1.54) is 11.6 Å². The molecule has 186 valence electrons. The summed E-state index contributed by atoms with van der Waals surface area (Å²) < 4.78 is 16.9. The van der Waals surface area contributed by atoms with Crippen LogP contribution in [-0.4, -0.2) is 19.6 Å². The zero-order valence-electron chi connectivity index (χ0n) is 21.1. The number of benzene rings is 3. The fraction of sp³-hybridized carbons (Fsp3) is 0.267. The highest BCUT2D eigenvalue weighted by Crippen LogP contribution is 2.26. The number of carbonyl (C=O) groups excluding carboxylic acids is 1. The number of hydrogen-bond donors (Lipinski definition) is 1. The van der Waals surface area contributed by atoms with E-state index >= 15 is 0 Å². The third-order valence-electron chi connectivity index (χ3n) is 5.92. The summed E-state index contributed by atoms with van der Waals surface area (Å²) in [7, 11) is 1.55. The van der Waals surface area contributed by atoms with Crippen molar-refractivity contribution in [2.75, 3.05) is 19.0 Å². The van der Waals surface area contributed by atoms with Crippen molar-refractivity contribution in [3.8, 4) is 22.8 Å². The van der Waals surface area contributed by atoms with E-state index < -0.39 is 0 Å². The van der Waals surface area contributed by atoms with Crippen molar-refractivity contribution in [1.29, 1.82) is 0 Å². The van der Waals surface area contributed by atoms with Crippen LogP contribution in [-0.2, 0) is 10.2 Å². The van der Waals surface area contributed by atoms with Crippen LogP contribution in [0.15, 0.2) is 82.0 Å². The topological polar surface area (TPSA) is 77.8 Å². The lowest BCUT2D eigenvalue weighted by molar-refractivity contribution is -0.116. The fourth-order valence-electron chi connectivity index (χ4n) is 3.82. The molecule has 4 rings (SSSR count). The first-order valence-corrected chi connectivity index (χ1v) is 12.0. The predicted molar refractivity (Wildman–Crippen MR) is 143 cm³/mol. The van der Waals surface area contributed by atoms with Crippen molar-refractivity contribution < 1.29 is 18.7 Å². The maximum absolute atomic E-state index is 12.5. The minimum atomic E-state index is -0.144. The van der Waals surface area contributed by atoms with Gasteiger partial charge in [-0.2, -0.15) is 0 Å². The quantitative estimate of drug-likeness (QED) is 0.286. The van der Waals surface area contributed by atoms with E-state index in [0.717, 1.165) is 11.3 Å². The Morgan fingerprint density at radius 2 is 1.61 bits per heavy atom. The number of hydrogen-bond acceptors (Lipinski definition) is 5. The lowest BCUT2D eigenvalue weighted by Crippen LogP contribution is -2.13. The lowest BCUT2D eigenvalue weighted by Gasteiger charge is -2.19. The molecule has 36 heavy (non-hydrogen) atoms. The van der Waals surface area contributed by atoms with Crippen molar-refractivity contribution in [3.63, 3.8) is 0 Å². The van der Waals surface area contributed by atoms with Crippen LogP contribution in [0, 0.1) is 0 Å². The highest BCUT2D eigenvalue weighted by molar-refractivity contribution is 5.91. The third-order valence-corrected chi connectivity index (χ3v) is 5.92. The second kappa shape index (κ2) is 10.7. The van der Waals surface area contributed by atoms with Gasteiger partial charge in [-0.05, 0) is 72.0 Å². The molecule has 0 aliphatic rings. The van der Waals surface area contributed by atoms with Crippen molar-refractivity contribution >= 4 is 22.6 Å². The van der Waals surface area contributed by atoms with Crippen molar-refractivity contribution in [3.05, 3.63) is 88.6 Å². The van der Waals surface area contributed by atoms with Gasteiger partial charge in [0.1, 0.15) is 22.8 Å². The fourth-order valence-corrected chi connectivity index (χ4v) is 3.82. The lowest BCUT2D eigenvalue weighted by atomic mass is 9.87. The predicted octanol–water partition coefficient (Wildman–Crippen LogP) is 6.56. The van der Waals surface area contributed by atoms with Gasteiger partial charge >= 0.3 is 0 Å². The molecule has 4 aromatic rings. The Balaban J connectivity index is 1.29. The highest BCUT2D eigenvalue weighted by atomic mass is 16.5. The van der Waals surface area contributed by atoms with Gasteiger partial charge in [0.15, 0.2) is 5.43 Å². The van der Waals surface area contributed by atoms with Crippen LogP contribution in [0.4, 0.5) is 5.69 Å². The van der Waals surface area contributed by atoms with Gasteiger partial charge in [0.25, 0.3) is 0 Å². The molecule has 1 amide bonds. The number of rotatable bonds is 8. The molecule has 0 spiro atoms. The summed E-state index contributed by atoms with van der Waals surface area (Å²) in [6.45, 7) is 6.99. The molecule has 1 heterocycles. The minimum Gasteiger partial charge on any atom is -0.497 e. The van der Waals surface area contributed by atoms with Crippen LogP contribution in [0.1, 0.15) is 39.2 Å². The minimum absolute atomic E-state index is 0.0828. The average Bonchev–Trinajstić information content (AvgIpc) is 2.86. The van der Waals surface area contributed by atoms with E-state index in [1.807, 2.05) is 24.3 Å². The van der Waals surface area contributed by atoms with E-state index in [1.54, 1.807) is 37.4 Å². The van der Waals surface area contributed by atoms with Crippen LogP contribution in [0.3, 0.4) is 0 Å². The monoisotopic (exact) mass is 485 g/mol. The van der Waals surface area contributed by atoms with Gasteiger partial charge < -0.3 is 19.2 Å². The Morgan fingerprint density at radius 3 is 2.28 bits per heavy atom. The second-order valence-electron chi connectivity index (χ2n) is 9.69. The SMILES string of the molecule is COc1ccc2oc(-c3ccc(NC(=O)CCCOc4ccc(C(C)(C)C)cc4)cc3)cc(=O)c2c1. The third kappa shape index (κ3) is 6.13. The first kappa shape index (κ1) is 25.0. The summed E-state index contributed by atoms with van der Waals surface area (Å²) >= 11 is 0. The summed E-state index contributed by atoms with van der Waals surface area (Å²) in [5, 5.41) is 3.36. The standard InChI is InChI=1S/C30H31NO5/c1-30(2,3)21-9-13-23(14-10-21)35-17-5-6-29(33)31-22-11-7-20(8-12-22)28-19-26(32)25-18-24(34-4)15-16-27(25)36-28/h7-16,18-19H,5-6,17H2,1-4H3,(H,31,33). The first-order chi connectivity index (χ1) is 17.2. The van der Waals surface area contributed by atoms with Crippen molar-refractivity contribution in [2.45, 2.75) is 39.0 Å². The molecule has 0 atom stereocenters. The molecule has 0 radical (unpaired) electrons. The Hall–Kier alpha value is -4.06. The number of carbonyl (C=O) groups is 1. The number of fused-ring (bicyclic) bond motifs is 1. The van der Waals surface area contributed by atoms with E-state index in [-0.39, 0.29) is 16.8 Å². The Kier molecular flexibility index (Phi) is 7.44. The maximum atomic E-state index is 12.5. The largest absolute Gasteiger partial charge is 0.497 e. The summed E-state index contributed by atoms with van der Waals surface area (Å²) in [6, 6.07) is 21.9. The zero-order valence-corrected chi connectivity index (χ0v) is 21.1. The summed E-state index contributed by atoms with van der Waals surface area (Å²) in [6.07, 6.45) is 0.961. The number of anilines is 1. The molecule has 1 N–H and O–H groups in total. The maximum Gasteiger partial charge on any atom is 0.224 e. The molecule has 3 aromatic carbocycles. The summed E-state index contributed by atoms with van der Waals surface area (Å²) in [5.74, 6) is 1.78. The molecule has 0 bridgehead atoms. The van der Waals surface area contributed by atoms with E-state index in [9.17, 15) is 9.59 Å². The van der Waals surface area contributed by atoms with Gasteiger partial charge in [-0.1, -0.05) is 32.9 Å². The van der Waals surface area contributed by atoms with Crippen molar-refractivity contribution in [2.24, 2.45) is 0 Å². The molecular weight excluding hydrogens is 454 g/mol. The Morgan fingerprint density at radius 1 is 0.917 bits per heavy atom. The second-order valence-corrected chi connectivity index (χ2v) is 9.69. The van der Waals surface area contributed by atoms with Crippen LogP contribution in [0.25, 0.3) is 22.3 Å². The molecule has 6 heteroatoms. The normalized spacial score (nSPS) is 11.3. The van der Waals surface area contributed by atoms with Gasteiger partial charge in [-0.3, -0.25) is 9.59 Å². The number of amides is 1. The van der Waals surface area contributed by atoms with E-state index in [4.69, 9.17) is 13.9 Å². The van der Waals surface area contributed by atoms with Crippen LogP contribution in [0.5, 0.6) is 11.5 Å². The highest BCUT2D eigenvalue weighted by Gasteiger charge is 2.13. The Labute approximate surface area is 210 Å². The Bertz CT molecular complexity index is 1400. The molecule has 0 aliphatic carbocycles. The molecule has 6 nitrogen and oxygen atoms in total. The zero-order chi connectivity index (χ0) is 25.7. The van der Waals surface area contributed by atoms with Gasteiger partial charge in [-0.15, -0.1) is 0 Å². The van der Waals surface area contributed by atoms with E-state index in [0.29, 0.717) is 47.6 Å². The molecule has 0 saturated heterocycles. The van der Waals surface area contributed by atoms with Gasteiger partial charge in [0.2, 0.25) is 5.91 Å². The van der Waals surface area contributed by atoms with Gasteiger partial charge in [0, 0.05) is 23.7 Å². The van der Waals surface area contributed by atoms with Gasteiger partial charge in [0.05, 0.1) is 19.1 Å². The average molecular weight is 486 g/mol. The molecule has 0 unspecified atom stereocenters. The first-order valence-electron chi connectivity index (χ1n) is 12.0. The van der Waals surface area contributed by atoms with Crippen LogP contribution in [0.2, 0.25) is 0 Å². The van der Waals surface area contributed by atoms with Gasteiger partial charge in [-0.25, -0.2) is 0 Å². The summed E-state index contributed by atoms with van der Waals surface area (Å²) in [4.78, 5) is 24.9. The molecular formula is C30H31NO5. The molecule has 0 fully saturated rings. The van der Waals surface area contributed by atoms with E-state index in [2.05, 4.69) is 38.2 Å². The smallest absolute Gasteiger partial charge is 0.224 e. The number of ether oxygens (including phenoxy) is 2. The number of nitrogens with one attached hydrogen (secondary N) is 1. The summed E-state index contributed by atoms with van der Waals surface area (Å²) in [5.41, 5.74) is 3.12. The van der Waals surface area contributed by atoms with Crippen LogP contribution < -0.4 is 20.2 Å². The molecule has 1 aromatic heterocycles. The number of methoxy groups -OCH3 is 1. The molecule has 0 saturated carbocycles.